The van der Waals surface area contributed by atoms with Crippen molar-refractivity contribution < 1.29 is 13.6 Å². The van der Waals surface area contributed by atoms with E-state index in [0.29, 0.717) is 19.6 Å². The minimum Gasteiger partial charge on any atom is -0.396 e. The molecule has 4 nitrogen and oxygen atoms in total. The van der Waals surface area contributed by atoms with Gasteiger partial charge in [0.1, 0.15) is 11.4 Å². The molecule has 0 saturated carbocycles. The second kappa shape index (κ2) is 5.52. The van der Waals surface area contributed by atoms with Gasteiger partial charge in [0.2, 0.25) is 0 Å². The lowest BCUT2D eigenvalue weighted by molar-refractivity contribution is 0.0753. The molecule has 104 valence electrons. The molecule has 0 spiro atoms. The summed E-state index contributed by atoms with van der Waals surface area (Å²) in [7, 11) is 1.95. The molecule has 2 N–H and O–H groups in total. The quantitative estimate of drug-likeness (QED) is 0.782. The van der Waals surface area contributed by atoms with E-state index in [2.05, 4.69) is 4.90 Å². The van der Waals surface area contributed by atoms with Gasteiger partial charge in [-0.1, -0.05) is 0 Å². The zero-order valence-corrected chi connectivity index (χ0v) is 10.8. The van der Waals surface area contributed by atoms with Crippen LogP contribution in [-0.2, 0) is 0 Å². The van der Waals surface area contributed by atoms with Gasteiger partial charge in [0.25, 0.3) is 5.91 Å². The third kappa shape index (κ3) is 2.84. The van der Waals surface area contributed by atoms with Gasteiger partial charge >= 0.3 is 0 Å². The molecular formula is C13H17F2N3O. The van der Waals surface area contributed by atoms with Gasteiger partial charge in [-0.15, -0.1) is 0 Å². The maximum atomic E-state index is 13.8. The van der Waals surface area contributed by atoms with Crippen LogP contribution in [0, 0.1) is 11.6 Å². The summed E-state index contributed by atoms with van der Waals surface area (Å²) in [5, 5.41) is 0. The number of hydrogen-bond acceptors (Lipinski definition) is 3. The van der Waals surface area contributed by atoms with E-state index in [1.807, 2.05) is 7.05 Å². The fourth-order valence-corrected chi connectivity index (χ4v) is 2.17. The molecule has 1 amide bonds. The summed E-state index contributed by atoms with van der Waals surface area (Å²) in [5.74, 6) is -2.46. The molecule has 0 atom stereocenters. The highest BCUT2D eigenvalue weighted by atomic mass is 19.1. The van der Waals surface area contributed by atoms with Crippen LogP contribution in [0.1, 0.15) is 16.8 Å². The van der Waals surface area contributed by atoms with E-state index in [0.717, 1.165) is 25.1 Å². The lowest BCUT2D eigenvalue weighted by atomic mass is 10.1. The Morgan fingerprint density at radius 2 is 1.95 bits per heavy atom. The number of carbonyl (C=O) groups is 1. The molecule has 0 aliphatic carbocycles. The fourth-order valence-electron chi connectivity index (χ4n) is 2.17. The highest BCUT2D eigenvalue weighted by Gasteiger charge is 2.25. The number of nitrogens with zero attached hydrogens (tertiary/aromatic N) is 2. The minimum atomic E-state index is -0.970. The predicted octanol–water partition coefficient (Wildman–Crippen LogP) is 1.32. The molecule has 2 rings (SSSR count). The molecule has 1 aromatic rings. The van der Waals surface area contributed by atoms with Gasteiger partial charge in [0, 0.05) is 19.6 Å². The van der Waals surface area contributed by atoms with Gasteiger partial charge in [-0.25, -0.2) is 8.78 Å². The number of halogens is 2. The Kier molecular flexibility index (Phi) is 3.99. The Bertz CT molecular complexity index is 493. The molecule has 1 aromatic carbocycles. The smallest absolute Gasteiger partial charge is 0.259 e. The van der Waals surface area contributed by atoms with Gasteiger partial charge < -0.3 is 15.5 Å². The van der Waals surface area contributed by atoms with E-state index < -0.39 is 23.1 Å². The van der Waals surface area contributed by atoms with Gasteiger partial charge in [-0.05, 0) is 32.1 Å². The van der Waals surface area contributed by atoms with Crippen molar-refractivity contribution in [2.45, 2.75) is 6.42 Å². The van der Waals surface area contributed by atoms with Crippen molar-refractivity contribution >= 4 is 11.6 Å². The van der Waals surface area contributed by atoms with Crippen molar-refractivity contribution in [3.8, 4) is 0 Å². The first-order valence-electron chi connectivity index (χ1n) is 6.22. The summed E-state index contributed by atoms with van der Waals surface area (Å²) in [6, 6.07) is 2.15. The van der Waals surface area contributed by atoms with Crippen LogP contribution in [0.5, 0.6) is 0 Å². The number of nitrogens with two attached hydrogens (primary N) is 1. The number of amides is 1. The molecule has 0 aromatic heterocycles. The first kappa shape index (κ1) is 13.7. The molecule has 1 saturated heterocycles. The standard InChI is InChI=1S/C13H17F2N3O/c1-17-5-2-6-18(8-7-17)13(19)11-9(14)3-4-10(16)12(11)15/h3-4H,2,5-8,16H2,1H3. The summed E-state index contributed by atoms with van der Waals surface area (Å²) in [6.07, 6.45) is 0.786. The zero-order chi connectivity index (χ0) is 14.0. The average Bonchev–Trinajstić information content (AvgIpc) is 2.59. The second-order valence-electron chi connectivity index (χ2n) is 4.77. The van der Waals surface area contributed by atoms with Gasteiger partial charge in [0.05, 0.1) is 5.69 Å². The van der Waals surface area contributed by atoms with Crippen LogP contribution in [0.3, 0.4) is 0 Å². The van der Waals surface area contributed by atoms with Gasteiger partial charge in [0.15, 0.2) is 5.82 Å². The van der Waals surface area contributed by atoms with Crippen LogP contribution >= 0.6 is 0 Å². The maximum absolute atomic E-state index is 13.8. The first-order chi connectivity index (χ1) is 9.00. The molecule has 6 heteroatoms. The van der Waals surface area contributed by atoms with E-state index >= 15 is 0 Å². The van der Waals surface area contributed by atoms with Crippen molar-refractivity contribution in [3.05, 3.63) is 29.3 Å². The Hall–Kier alpha value is -1.69. The summed E-state index contributed by atoms with van der Waals surface area (Å²) in [5.41, 5.74) is 4.63. The lowest BCUT2D eigenvalue weighted by Crippen LogP contribution is -2.35. The largest absolute Gasteiger partial charge is 0.396 e. The zero-order valence-electron chi connectivity index (χ0n) is 10.8. The molecule has 19 heavy (non-hydrogen) atoms. The third-order valence-electron chi connectivity index (χ3n) is 3.34. The summed E-state index contributed by atoms with van der Waals surface area (Å²) < 4.78 is 27.5. The Labute approximate surface area is 110 Å². The van der Waals surface area contributed by atoms with Gasteiger partial charge in [-0.3, -0.25) is 4.79 Å². The van der Waals surface area contributed by atoms with Gasteiger partial charge in [-0.2, -0.15) is 0 Å². The molecule has 1 fully saturated rings. The molecular weight excluding hydrogens is 252 g/mol. The highest BCUT2D eigenvalue weighted by Crippen LogP contribution is 2.20. The maximum Gasteiger partial charge on any atom is 0.259 e. The predicted molar refractivity (Wildman–Crippen MR) is 68.8 cm³/mol. The van der Waals surface area contributed by atoms with Crippen LogP contribution in [0.15, 0.2) is 12.1 Å². The number of anilines is 1. The van der Waals surface area contributed by atoms with Crippen molar-refractivity contribution in [3.63, 3.8) is 0 Å². The molecule has 1 aliphatic heterocycles. The van der Waals surface area contributed by atoms with E-state index in [1.54, 1.807) is 0 Å². The van der Waals surface area contributed by atoms with Crippen LogP contribution in [0.25, 0.3) is 0 Å². The Morgan fingerprint density at radius 1 is 1.21 bits per heavy atom. The number of nitrogen functional groups attached to an aromatic ring is 1. The number of hydrogen-bond donors (Lipinski definition) is 1. The van der Waals surface area contributed by atoms with E-state index in [-0.39, 0.29) is 5.69 Å². The molecule has 0 radical (unpaired) electrons. The van der Waals surface area contributed by atoms with Crippen LogP contribution < -0.4 is 5.73 Å². The topological polar surface area (TPSA) is 49.6 Å². The number of rotatable bonds is 1. The Morgan fingerprint density at radius 3 is 2.68 bits per heavy atom. The minimum absolute atomic E-state index is 0.211. The van der Waals surface area contributed by atoms with Crippen LogP contribution in [0.2, 0.25) is 0 Å². The van der Waals surface area contributed by atoms with E-state index in [9.17, 15) is 13.6 Å². The normalized spacial score (nSPS) is 17.3. The summed E-state index contributed by atoms with van der Waals surface area (Å²) in [6.45, 7) is 2.52. The SMILES string of the molecule is CN1CCCN(C(=O)c2c(F)ccc(N)c2F)CC1. The molecule has 1 aliphatic rings. The monoisotopic (exact) mass is 269 g/mol. The van der Waals surface area contributed by atoms with Crippen molar-refractivity contribution in [2.24, 2.45) is 0 Å². The average molecular weight is 269 g/mol. The summed E-state index contributed by atoms with van der Waals surface area (Å²) in [4.78, 5) is 15.8. The first-order valence-corrected chi connectivity index (χ1v) is 6.22. The van der Waals surface area contributed by atoms with Crippen molar-refractivity contribution in [1.82, 2.24) is 9.80 Å². The third-order valence-corrected chi connectivity index (χ3v) is 3.34. The fraction of sp³-hybridized carbons (Fsp3) is 0.462. The molecule has 0 unspecified atom stereocenters. The Balaban J connectivity index is 2.26. The summed E-state index contributed by atoms with van der Waals surface area (Å²) >= 11 is 0. The number of carbonyl (C=O) groups excluding carboxylic acids is 1. The van der Waals surface area contributed by atoms with Crippen molar-refractivity contribution in [1.29, 1.82) is 0 Å². The van der Waals surface area contributed by atoms with E-state index in [4.69, 9.17) is 5.73 Å². The number of likely N-dealkylation sites (N-methyl/N-ethyl adjacent to an activating group) is 1. The highest BCUT2D eigenvalue weighted by molar-refractivity contribution is 5.95. The second-order valence-corrected chi connectivity index (χ2v) is 4.77. The molecule has 1 heterocycles. The lowest BCUT2D eigenvalue weighted by Gasteiger charge is -2.21. The number of benzene rings is 1. The van der Waals surface area contributed by atoms with Crippen LogP contribution in [-0.4, -0.2) is 48.9 Å². The van der Waals surface area contributed by atoms with E-state index in [1.165, 1.54) is 4.90 Å². The van der Waals surface area contributed by atoms with Crippen LogP contribution in [0.4, 0.5) is 14.5 Å². The van der Waals surface area contributed by atoms with Crippen molar-refractivity contribution in [2.75, 3.05) is 39.0 Å². The molecule has 0 bridgehead atoms.